The van der Waals surface area contributed by atoms with Gasteiger partial charge in [0.1, 0.15) is 18.1 Å². The molecule has 1 N–H and O–H groups in total. The fraction of sp³-hybridized carbons (Fsp3) is 0.444. The van der Waals surface area contributed by atoms with Crippen molar-refractivity contribution < 1.29 is 23.3 Å². The van der Waals surface area contributed by atoms with Gasteiger partial charge in [0.25, 0.3) is 5.88 Å². The monoisotopic (exact) mass is 376 g/mol. The number of carbonyl (C=O) groups excluding carboxylic acids is 2. The molecule has 2 heterocycles. The first-order valence-electron chi connectivity index (χ1n) is 8.75. The lowest BCUT2D eigenvalue weighted by Gasteiger charge is -2.32. The molecule has 0 spiro atoms. The molecule has 1 aromatic heterocycles. The molecule has 1 aliphatic heterocycles. The molecule has 1 unspecified atom stereocenters. The van der Waals surface area contributed by atoms with Crippen LogP contribution in [-0.2, 0) is 16.1 Å². The molecule has 2 amide bonds. The predicted octanol–water partition coefficient (Wildman–Crippen LogP) is 1.45. The van der Waals surface area contributed by atoms with Crippen LogP contribution in [0.5, 0.6) is 5.88 Å². The Morgan fingerprint density at radius 2 is 2.22 bits per heavy atom. The van der Waals surface area contributed by atoms with Gasteiger partial charge in [-0.05, 0) is 24.6 Å². The van der Waals surface area contributed by atoms with Crippen molar-refractivity contribution in [2.75, 3.05) is 19.7 Å². The van der Waals surface area contributed by atoms with E-state index >= 15 is 0 Å². The Balaban J connectivity index is 1.48. The number of hydrogen-bond acceptors (Lipinski definition) is 6. The van der Waals surface area contributed by atoms with Crippen molar-refractivity contribution >= 4 is 11.8 Å². The van der Waals surface area contributed by atoms with Crippen LogP contribution in [0.3, 0.4) is 0 Å². The van der Waals surface area contributed by atoms with E-state index in [2.05, 4.69) is 20.3 Å². The van der Waals surface area contributed by atoms with E-state index in [1.54, 1.807) is 25.1 Å². The fourth-order valence-corrected chi connectivity index (χ4v) is 2.93. The van der Waals surface area contributed by atoms with Gasteiger partial charge in [-0.25, -0.2) is 9.02 Å². The molecule has 27 heavy (non-hydrogen) atoms. The Labute approximate surface area is 155 Å². The van der Waals surface area contributed by atoms with Gasteiger partial charge in [0.2, 0.25) is 11.8 Å². The smallest absolute Gasteiger partial charge is 0.278 e. The van der Waals surface area contributed by atoms with Gasteiger partial charge in [-0.1, -0.05) is 23.4 Å². The van der Waals surface area contributed by atoms with E-state index in [-0.39, 0.29) is 49.7 Å². The molecule has 0 bridgehead atoms. The summed E-state index contributed by atoms with van der Waals surface area (Å²) in [5.74, 6) is -0.612. The van der Waals surface area contributed by atoms with E-state index in [0.29, 0.717) is 30.1 Å². The number of carbonyl (C=O) groups is 2. The van der Waals surface area contributed by atoms with E-state index in [1.165, 1.54) is 11.0 Å². The van der Waals surface area contributed by atoms with Crippen molar-refractivity contribution in [2.45, 2.75) is 26.3 Å². The largest absolute Gasteiger partial charge is 0.472 e. The molecule has 1 aromatic carbocycles. The third-order valence-electron chi connectivity index (χ3n) is 4.44. The molecule has 0 saturated carbocycles. The number of nitrogens with zero attached hydrogens (tertiary/aromatic N) is 3. The maximum Gasteiger partial charge on any atom is 0.278 e. The quantitative estimate of drug-likeness (QED) is 0.735. The van der Waals surface area contributed by atoms with Gasteiger partial charge in [-0.15, -0.1) is 0 Å². The molecule has 1 fully saturated rings. The van der Waals surface area contributed by atoms with E-state index in [1.807, 2.05) is 0 Å². The molecule has 144 valence electrons. The molecular formula is C18H21FN4O4. The molecule has 1 aliphatic rings. The second-order valence-electron chi connectivity index (χ2n) is 6.40. The second-order valence-corrected chi connectivity index (χ2v) is 6.40. The molecule has 1 atom stereocenters. The average molecular weight is 376 g/mol. The number of amides is 2. The van der Waals surface area contributed by atoms with Crippen molar-refractivity contribution in [3.8, 4) is 5.88 Å². The van der Waals surface area contributed by atoms with Gasteiger partial charge in [-0.2, -0.15) is 0 Å². The number of halogens is 1. The third-order valence-corrected chi connectivity index (χ3v) is 4.44. The van der Waals surface area contributed by atoms with Gasteiger partial charge in [0.05, 0.1) is 12.5 Å². The zero-order valence-corrected chi connectivity index (χ0v) is 15.0. The first kappa shape index (κ1) is 18.8. The summed E-state index contributed by atoms with van der Waals surface area (Å²) in [5.41, 5.74) is 0.979. The number of piperidine rings is 1. The lowest BCUT2D eigenvalue weighted by molar-refractivity contribution is -0.139. The summed E-state index contributed by atoms with van der Waals surface area (Å²) < 4.78 is 23.7. The topological polar surface area (TPSA) is 97.6 Å². The Hall–Kier alpha value is -2.97. The van der Waals surface area contributed by atoms with Crippen molar-refractivity contribution in [1.82, 2.24) is 20.5 Å². The van der Waals surface area contributed by atoms with Gasteiger partial charge in [-0.3, -0.25) is 9.59 Å². The summed E-state index contributed by atoms with van der Waals surface area (Å²) in [6.45, 7) is 2.66. The summed E-state index contributed by atoms with van der Waals surface area (Å²) in [6, 6.07) is 6.33. The fourth-order valence-electron chi connectivity index (χ4n) is 2.93. The van der Waals surface area contributed by atoms with Crippen molar-refractivity contribution in [3.05, 3.63) is 41.3 Å². The zero-order chi connectivity index (χ0) is 19.2. The van der Waals surface area contributed by atoms with Crippen LogP contribution in [0, 0.1) is 18.7 Å². The van der Waals surface area contributed by atoms with Gasteiger partial charge < -0.3 is 15.0 Å². The highest BCUT2D eigenvalue weighted by molar-refractivity contribution is 5.83. The molecule has 0 aliphatic carbocycles. The number of likely N-dealkylation sites (tertiary alicyclic amines) is 1. The summed E-state index contributed by atoms with van der Waals surface area (Å²) in [6.07, 6.45) is 0.748. The van der Waals surface area contributed by atoms with Crippen molar-refractivity contribution in [1.29, 1.82) is 0 Å². The Kier molecular flexibility index (Phi) is 6.00. The average Bonchev–Trinajstić information content (AvgIpc) is 3.07. The van der Waals surface area contributed by atoms with Crippen LogP contribution in [0.15, 0.2) is 28.9 Å². The minimum atomic E-state index is -0.355. The first-order chi connectivity index (χ1) is 13.0. The van der Waals surface area contributed by atoms with Crippen LogP contribution in [0.2, 0.25) is 0 Å². The lowest BCUT2D eigenvalue weighted by atomic mass is 9.96. The van der Waals surface area contributed by atoms with Gasteiger partial charge in [0.15, 0.2) is 0 Å². The van der Waals surface area contributed by atoms with Crippen molar-refractivity contribution in [2.24, 2.45) is 5.92 Å². The number of hydrogen-bond donors (Lipinski definition) is 1. The van der Waals surface area contributed by atoms with E-state index in [4.69, 9.17) is 4.74 Å². The molecular weight excluding hydrogens is 355 g/mol. The maximum absolute atomic E-state index is 13.8. The summed E-state index contributed by atoms with van der Waals surface area (Å²) in [4.78, 5) is 26.0. The van der Waals surface area contributed by atoms with Crippen LogP contribution in [0.4, 0.5) is 4.39 Å². The SMILES string of the molecule is Cc1nonc1OCCNC(=O)C1CCC(=O)N(Cc2ccccc2F)C1. The molecule has 9 heteroatoms. The Morgan fingerprint density at radius 1 is 1.41 bits per heavy atom. The van der Waals surface area contributed by atoms with Crippen LogP contribution in [0.25, 0.3) is 0 Å². The van der Waals surface area contributed by atoms with Gasteiger partial charge in [0, 0.05) is 25.1 Å². The van der Waals surface area contributed by atoms with E-state index in [0.717, 1.165) is 0 Å². The Morgan fingerprint density at radius 3 is 2.96 bits per heavy atom. The number of nitrogens with one attached hydrogen (secondary N) is 1. The normalized spacial score (nSPS) is 17.0. The standard InChI is InChI=1S/C18H21FN4O4/c1-12-18(22-27-21-12)26-9-8-20-17(25)14-6-7-16(24)23(11-14)10-13-4-2-3-5-15(13)19/h2-5,14H,6-11H2,1H3,(H,20,25). The second kappa shape index (κ2) is 8.61. The highest BCUT2D eigenvalue weighted by Gasteiger charge is 2.30. The molecule has 8 nitrogen and oxygen atoms in total. The third kappa shape index (κ3) is 4.81. The highest BCUT2D eigenvalue weighted by Crippen LogP contribution is 2.21. The summed E-state index contributed by atoms with van der Waals surface area (Å²) >= 11 is 0. The lowest BCUT2D eigenvalue weighted by Crippen LogP contribution is -2.46. The maximum atomic E-state index is 13.8. The Bertz CT molecular complexity index is 810. The number of benzene rings is 1. The van der Waals surface area contributed by atoms with Crippen LogP contribution < -0.4 is 10.1 Å². The van der Waals surface area contributed by atoms with E-state index in [9.17, 15) is 14.0 Å². The minimum absolute atomic E-state index is 0.0698. The number of ether oxygens (including phenoxy) is 1. The number of aryl methyl sites for hydroxylation is 1. The minimum Gasteiger partial charge on any atom is -0.472 e. The van der Waals surface area contributed by atoms with Crippen molar-refractivity contribution in [3.63, 3.8) is 0 Å². The highest BCUT2D eigenvalue weighted by atomic mass is 19.1. The summed E-state index contributed by atoms with van der Waals surface area (Å²) in [5, 5.41) is 9.98. The number of aromatic nitrogens is 2. The predicted molar refractivity (Wildman–Crippen MR) is 92.1 cm³/mol. The van der Waals surface area contributed by atoms with Crippen LogP contribution >= 0.6 is 0 Å². The van der Waals surface area contributed by atoms with Crippen LogP contribution in [0.1, 0.15) is 24.1 Å². The molecule has 1 saturated heterocycles. The zero-order valence-electron chi connectivity index (χ0n) is 15.0. The van der Waals surface area contributed by atoms with Crippen LogP contribution in [-0.4, -0.2) is 46.7 Å². The molecule has 0 radical (unpaired) electrons. The van der Waals surface area contributed by atoms with E-state index < -0.39 is 0 Å². The molecule has 2 aromatic rings. The molecule has 3 rings (SSSR count). The number of rotatable bonds is 7. The van der Waals surface area contributed by atoms with Gasteiger partial charge >= 0.3 is 0 Å². The first-order valence-corrected chi connectivity index (χ1v) is 8.75. The summed E-state index contributed by atoms with van der Waals surface area (Å²) in [7, 11) is 0.